The van der Waals surface area contributed by atoms with Crippen LogP contribution >= 0.6 is 23.2 Å². The van der Waals surface area contributed by atoms with Gasteiger partial charge < -0.3 is 19.7 Å². The number of hydrogen-bond acceptors (Lipinski definition) is 7. The van der Waals surface area contributed by atoms with Gasteiger partial charge in [0.15, 0.2) is 0 Å². The molecule has 1 saturated heterocycles. The Hall–Kier alpha value is -3.37. The minimum Gasteiger partial charge on any atom is -0.469 e. The molecular weight excluding hydrogens is 607 g/mol. The Labute approximate surface area is 268 Å². The van der Waals surface area contributed by atoms with Crippen LogP contribution in [0.25, 0.3) is 0 Å². The van der Waals surface area contributed by atoms with Crippen molar-refractivity contribution < 1.29 is 28.7 Å². The first kappa shape index (κ1) is 33.5. The highest BCUT2D eigenvalue weighted by atomic mass is 35.5. The smallest absolute Gasteiger partial charge is 0.416 e. The Morgan fingerprint density at radius 1 is 1.05 bits per heavy atom. The van der Waals surface area contributed by atoms with Crippen molar-refractivity contribution in [3.63, 3.8) is 0 Å². The fraction of sp³-hybridized carbons (Fsp3) is 0.531. The largest absolute Gasteiger partial charge is 0.469 e. The second kappa shape index (κ2) is 14.6. The number of methoxy groups -OCH3 is 1. The summed E-state index contributed by atoms with van der Waals surface area (Å²) < 4.78 is 10.4. The van der Waals surface area contributed by atoms with Crippen LogP contribution in [0.15, 0.2) is 30.3 Å². The van der Waals surface area contributed by atoms with Gasteiger partial charge in [-0.15, -0.1) is 0 Å². The number of nitrogens with zero attached hydrogens (tertiary/aromatic N) is 3. The average molecular weight is 648 g/mol. The number of aromatic nitrogens is 1. The highest BCUT2D eigenvalue weighted by molar-refractivity contribution is 6.34. The molecule has 4 rings (SSSR count). The Morgan fingerprint density at radius 2 is 1.73 bits per heavy atom. The van der Waals surface area contributed by atoms with Crippen LogP contribution in [0.2, 0.25) is 10.0 Å². The number of aryl methyl sites for hydroxylation is 2. The molecule has 3 heterocycles. The average Bonchev–Trinajstić information content (AvgIpc) is 2.97. The fourth-order valence-corrected chi connectivity index (χ4v) is 6.01. The zero-order chi connectivity index (χ0) is 32.0. The molecule has 0 spiro atoms. The van der Waals surface area contributed by atoms with E-state index in [1.54, 1.807) is 28.0 Å². The maximum absolute atomic E-state index is 13.2. The van der Waals surface area contributed by atoms with E-state index in [0.717, 1.165) is 24.1 Å². The zero-order valence-corrected chi connectivity index (χ0v) is 27.2. The van der Waals surface area contributed by atoms with E-state index >= 15 is 0 Å². The van der Waals surface area contributed by atoms with E-state index in [2.05, 4.69) is 5.32 Å². The van der Waals surface area contributed by atoms with E-state index < -0.39 is 23.7 Å². The number of carbonyl (C=O) groups is 4. The van der Waals surface area contributed by atoms with Gasteiger partial charge in [-0.25, -0.2) is 9.78 Å². The summed E-state index contributed by atoms with van der Waals surface area (Å²) in [6, 6.07) is 8.15. The van der Waals surface area contributed by atoms with Crippen LogP contribution in [-0.2, 0) is 36.7 Å². The zero-order valence-electron chi connectivity index (χ0n) is 25.7. The van der Waals surface area contributed by atoms with Crippen LogP contribution in [-0.4, -0.2) is 66.1 Å². The SMILES string of the molecule is COC(=O)C[C@H](NC(=O)C1CCN(C(=O)CCc2ccc3c(n2)N(C(=O)OC(C)(C)C)CCC3)CC1)c1cc(Cl)cc(Cl)c1. The van der Waals surface area contributed by atoms with Crippen LogP contribution in [0.4, 0.5) is 10.6 Å². The number of carbonyl (C=O) groups excluding carboxylic acids is 4. The molecule has 1 aromatic carbocycles. The number of benzene rings is 1. The van der Waals surface area contributed by atoms with Gasteiger partial charge in [-0.1, -0.05) is 29.3 Å². The molecule has 2 aliphatic heterocycles. The van der Waals surface area contributed by atoms with E-state index in [1.807, 2.05) is 32.9 Å². The van der Waals surface area contributed by atoms with Gasteiger partial charge in [-0.3, -0.25) is 19.3 Å². The normalized spacial score (nSPS) is 16.1. The van der Waals surface area contributed by atoms with Crippen molar-refractivity contribution in [3.05, 3.63) is 57.2 Å². The van der Waals surface area contributed by atoms with E-state index in [0.29, 0.717) is 60.3 Å². The predicted molar refractivity (Wildman–Crippen MR) is 168 cm³/mol. The number of halogens is 2. The number of likely N-dealkylation sites (tertiary alicyclic amines) is 1. The molecule has 0 bridgehead atoms. The third-order valence-corrected chi connectivity index (χ3v) is 8.16. The molecule has 0 radical (unpaired) electrons. The highest BCUT2D eigenvalue weighted by Gasteiger charge is 2.31. The molecular formula is C32H40Cl2N4O6. The molecule has 2 aromatic rings. The molecule has 44 heavy (non-hydrogen) atoms. The van der Waals surface area contributed by atoms with Crippen LogP contribution in [0.1, 0.15) is 75.7 Å². The summed E-state index contributed by atoms with van der Waals surface area (Å²) in [5.41, 5.74) is 1.73. The molecule has 2 aliphatic rings. The fourth-order valence-electron chi connectivity index (χ4n) is 5.47. The number of fused-ring (bicyclic) bond motifs is 1. The lowest BCUT2D eigenvalue weighted by Crippen LogP contribution is -2.44. The minimum absolute atomic E-state index is 0.00971. The monoisotopic (exact) mass is 646 g/mol. The first-order valence-electron chi connectivity index (χ1n) is 14.9. The van der Waals surface area contributed by atoms with Gasteiger partial charge in [0.05, 0.1) is 19.6 Å². The molecule has 12 heteroatoms. The Morgan fingerprint density at radius 3 is 2.36 bits per heavy atom. The summed E-state index contributed by atoms with van der Waals surface area (Å²) in [6.45, 7) is 6.94. The van der Waals surface area contributed by atoms with E-state index in [9.17, 15) is 19.2 Å². The van der Waals surface area contributed by atoms with Crippen molar-refractivity contribution in [2.24, 2.45) is 5.92 Å². The van der Waals surface area contributed by atoms with Crippen molar-refractivity contribution in [3.8, 4) is 0 Å². The molecule has 1 atom stereocenters. The van der Waals surface area contributed by atoms with Gasteiger partial charge in [0.1, 0.15) is 11.4 Å². The van der Waals surface area contributed by atoms with Gasteiger partial charge in [0.2, 0.25) is 11.8 Å². The van der Waals surface area contributed by atoms with Crippen LogP contribution in [0.5, 0.6) is 0 Å². The molecule has 0 unspecified atom stereocenters. The maximum Gasteiger partial charge on any atom is 0.416 e. The quantitative estimate of drug-likeness (QED) is 0.367. The van der Waals surface area contributed by atoms with Crippen LogP contribution < -0.4 is 10.2 Å². The van der Waals surface area contributed by atoms with Gasteiger partial charge in [-0.2, -0.15) is 0 Å². The summed E-state index contributed by atoms with van der Waals surface area (Å²) in [7, 11) is 1.29. The van der Waals surface area contributed by atoms with E-state index in [-0.39, 0.29) is 30.6 Å². The number of anilines is 1. The topological polar surface area (TPSA) is 118 Å². The number of amides is 3. The Kier molecular flexibility index (Phi) is 11.1. The molecule has 0 saturated carbocycles. The highest BCUT2D eigenvalue weighted by Crippen LogP contribution is 2.29. The Balaban J connectivity index is 1.31. The van der Waals surface area contributed by atoms with Gasteiger partial charge in [0.25, 0.3) is 0 Å². The molecule has 238 valence electrons. The maximum atomic E-state index is 13.2. The number of ether oxygens (including phenoxy) is 2. The lowest BCUT2D eigenvalue weighted by atomic mass is 9.94. The van der Waals surface area contributed by atoms with Crippen molar-refractivity contribution in [1.82, 2.24) is 15.2 Å². The van der Waals surface area contributed by atoms with Crippen LogP contribution in [0, 0.1) is 5.92 Å². The number of piperidine rings is 1. The van der Waals surface area contributed by atoms with Crippen molar-refractivity contribution in [1.29, 1.82) is 0 Å². The summed E-state index contributed by atoms with van der Waals surface area (Å²) in [4.78, 5) is 59.2. The second-order valence-corrected chi connectivity index (χ2v) is 13.1. The third-order valence-electron chi connectivity index (χ3n) is 7.73. The van der Waals surface area contributed by atoms with Gasteiger partial charge in [-0.05, 0) is 88.3 Å². The minimum atomic E-state index is -0.652. The number of hydrogen-bond donors (Lipinski definition) is 1. The number of rotatable bonds is 8. The lowest BCUT2D eigenvalue weighted by Gasteiger charge is -2.32. The third kappa shape index (κ3) is 9.08. The second-order valence-electron chi connectivity index (χ2n) is 12.2. The van der Waals surface area contributed by atoms with E-state index in [4.69, 9.17) is 37.7 Å². The summed E-state index contributed by atoms with van der Waals surface area (Å²) >= 11 is 12.3. The molecule has 1 fully saturated rings. The molecule has 1 aromatic heterocycles. The summed E-state index contributed by atoms with van der Waals surface area (Å²) in [6.07, 6.45) is 2.89. The van der Waals surface area contributed by atoms with Gasteiger partial charge in [0, 0.05) is 47.7 Å². The predicted octanol–water partition coefficient (Wildman–Crippen LogP) is 5.67. The molecule has 1 N–H and O–H groups in total. The lowest BCUT2D eigenvalue weighted by molar-refractivity contribution is -0.142. The van der Waals surface area contributed by atoms with Crippen LogP contribution in [0.3, 0.4) is 0 Å². The van der Waals surface area contributed by atoms with Crippen molar-refractivity contribution in [2.75, 3.05) is 31.6 Å². The summed E-state index contributed by atoms with van der Waals surface area (Å²) in [5.74, 6) is -0.389. The first-order valence-corrected chi connectivity index (χ1v) is 15.7. The molecule has 0 aliphatic carbocycles. The molecule has 10 nitrogen and oxygen atoms in total. The van der Waals surface area contributed by atoms with E-state index in [1.165, 1.54) is 7.11 Å². The molecule has 3 amide bonds. The summed E-state index contributed by atoms with van der Waals surface area (Å²) in [5, 5.41) is 3.75. The number of pyridine rings is 1. The Bertz CT molecular complexity index is 1370. The number of nitrogens with one attached hydrogen (secondary N) is 1. The standard InChI is InChI=1S/C32H40Cl2N4O6/c1-32(2,3)44-31(42)38-13-5-6-20-7-8-25(35-29(20)38)9-10-27(39)37-14-11-21(12-15-37)30(41)36-26(19-28(40)43-4)22-16-23(33)18-24(34)17-22/h7-8,16-18,21,26H,5-6,9-15,19H2,1-4H3,(H,36,41)/t26-/m0/s1. The van der Waals surface area contributed by atoms with Crippen molar-refractivity contribution >= 4 is 52.9 Å². The first-order chi connectivity index (χ1) is 20.8. The van der Waals surface area contributed by atoms with Crippen molar-refractivity contribution in [2.45, 2.75) is 77.4 Å². The van der Waals surface area contributed by atoms with Gasteiger partial charge >= 0.3 is 12.1 Å². The number of esters is 1.